The van der Waals surface area contributed by atoms with Crippen LogP contribution in [0.2, 0.25) is 0 Å². The number of benzene rings is 1. The van der Waals surface area contributed by atoms with Gasteiger partial charge in [0.1, 0.15) is 0 Å². The van der Waals surface area contributed by atoms with Gasteiger partial charge in [0.2, 0.25) is 5.67 Å². The van der Waals surface area contributed by atoms with Gasteiger partial charge in [0.25, 0.3) is 5.91 Å². The number of piperidine rings is 1. The molecule has 4 fully saturated rings. The summed E-state index contributed by atoms with van der Waals surface area (Å²) in [5.74, 6) is -2.01. The summed E-state index contributed by atoms with van der Waals surface area (Å²) >= 11 is 0. The first kappa shape index (κ1) is 29.1. The van der Waals surface area contributed by atoms with E-state index in [-0.39, 0.29) is 44.5 Å². The zero-order valence-corrected chi connectivity index (χ0v) is 23.2. The van der Waals surface area contributed by atoms with Crippen molar-refractivity contribution in [1.29, 1.82) is 0 Å². The molecule has 1 aliphatic carbocycles. The van der Waals surface area contributed by atoms with Crippen LogP contribution >= 0.6 is 0 Å². The maximum Gasteiger partial charge on any atom is 0.416 e. The molecule has 1 N–H and O–H groups in total. The number of ether oxygens (including phenoxy) is 1. The lowest BCUT2D eigenvalue weighted by molar-refractivity contribution is -0.149. The molecule has 0 bridgehead atoms. The third-order valence-corrected chi connectivity index (χ3v) is 9.81. The smallest absolute Gasteiger partial charge is 0.416 e. The van der Waals surface area contributed by atoms with Crippen molar-refractivity contribution >= 4 is 17.6 Å². The number of carboxylic acids is 1. The topological polar surface area (TPSA) is 73.3 Å². The van der Waals surface area contributed by atoms with Crippen LogP contribution in [0.1, 0.15) is 62.5 Å². The monoisotopic (exact) mass is 569 g/mol. The standard InChI is InChI=1S/C29H39F4N3O4/c1-27(26(38)39)8-11-34(12-9-27)24-14-20(29(31,32)33)6-7-22(24)23-16-36(15-19(23)17-40-2)25(37)28(30)10-13-35(18-28)21-4-3-5-21/h6-7,14,19,21,23H,3-5,8-13,15-18H2,1-2H3,(H,38,39)/t19-,23+,28-/m1/s1. The molecule has 3 saturated heterocycles. The van der Waals surface area contributed by atoms with Gasteiger partial charge in [0.15, 0.2) is 0 Å². The van der Waals surface area contributed by atoms with Crippen molar-refractivity contribution in [3.63, 3.8) is 0 Å². The van der Waals surface area contributed by atoms with Crippen molar-refractivity contribution in [1.82, 2.24) is 9.80 Å². The van der Waals surface area contributed by atoms with E-state index in [1.165, 1.54) is 18.1 Å². The molecule has 7 nitrogen and oxygen atoms in total. The summed E-state index contributed by atoms with van der Waals surface area (Å²) in [6.07, 6.45) is -0.594. The number of hydrogen-bond donors (Lipinski definition) is 1. The van der Waals surface area contributed by atoms with Gasteiger partial charge in [-0.25, -0.2) is 4.39 Å². The van der Waals surface area contributed by atoms with Gasteiger partial charge in [-0.3, -0.25) is 14.5 Å². The predicted octanol–water partition coefficient (Wildman–Crippen LogP) is 4.55. The normalized spacial score (nSPS) is 29.6. The molecule has 0 unspecified atom stereocenters. The Hall–Kier alpha value is -2.40. The fourth-order valence-electron chi connectivity index (χ4n) is 6.86. The lowest BCUT2D eigenvalue weighted by Gasteiger charge is -2.39. The van der Waals surface area contributed by atoms with E-state index in [0.717, 1.165) is 31.4 Å². The predicted molar refractivity (Wildman–Crippen MR) is 141 cm³/mol. The molecule has 3 aliphatic heterocycles. The Morgan fingerprint density at radius 2 is 1.80 bits per heavy atom. The summed E-state index contributed by atoms with van der Waals surface area (Å²) in [5.41, 5.74) is -2.62. The third kappa shape index (κ3) is 5.43. The molecule has 0 radical (unpaired) electrons. The van der Waals surface area contributed by atoms with Gasteiger partial charge >= 0.3 is 12.1 Å². The van der Waals surface area contributed by atoms with Gasteiger partial charge in [0.05, 0.1) is 17.6 Å². The van der Waals surface area contributed by atoms with Crippen molar-refractivity contribution in [3.05, 3.63) is 29.3 Å². The number of carbonyl (C=O) groups excluding carboxylic acids is 1. The maximum atomic E-state index is 16.0. The van der Waals surface area contributed by atoms with Crippen LogP contribution in [-0.2, 0) is 20.5 Å². The van der Waals surface area contributed by atoms with Gasteiger partial charge in [-0.05, 0) is 50.3 Å². The van der Waals surface area contributed by atoms with Crippen LogP contribution in [0.3, 0.4) is 0 Å². The van der Waals surface area contributed by atoms with Gasteiger partial charge in [0, 0.05) is 76.4 Å². The fourth-order valence-corrected chi connectivity index (χ4v) is 6.86. The summed E-state index contributed by atoms with van der Waals surface area (Å²) < 4.78 is 62.7. The molecule has 4 aliphatic rings. The lowest BCUT2D eigenvalue weighted by atomic mass is 9.79. The summed E-state index contributed by atoms with van der Waals surface area (Å²) in [4.78, 5) is 30.7. The Bertz CT molecular complexity index is 1120. The Morgan fingerprint density at radius 1 is 1.10 bits per heavy atom. The second-order valence-electron chi connectivity index (χ2n) is 12.4. The summed E-state index contributed by atoms with van der Waals surface area (Å²) in [5, 5.41) is 9.63. The van der Waals surface area contributed by atoms with Crippen LogP contribution < -0.4 is 4.90 Å². The van der Waals surface area contributed by atoms with Gasteiger partial charge in [-0.2, -0.15) is 13.2 Å². The number of amides is 1. The van der Waals surface area contributed by atoms with Crippen molar-refractivity contribution in [2.24, 2.45) is 11.3 Å². The van der Waals surface area contributed by atoms with E-state index in [9.17, 15) is 27.9 Å². The van der Waals surface area contributed by atoms with Gasteiger partial charge in [-0.1, -0.05) is 12.5 Å². The molecule has 3 atom stereocenters. The Balaban J connectivity index is 1.41. The zero-order chi connectivity index (χ0) is 28.9. The highest BCUT2D eigenvalue weighted by Crippen LogP contribution is 2.44. The highest BCUT2D eigenvalue weighted by molar-refractivity contribution is 5.86. The molecule has 0 spiro atoms. The third-order valence-electron chi connectivity index (χ3n) is 9.81. The minimum atomic E-state index is -4.54. The van der Waals surface area contributed by atoms with Crippen LogP contribution in [0.4, 0.5) is 23.2 Å². The molecule has 222 valence electrons. The summed E-state index contributed by atoms with van der Waals surface area (Å²) in [6, 6.07) is 4.02. The second kappa shape index (κ2) is 10.8. The first-order valence-electron chi connectivity index (χ1n) is 14.3. The maximum absolute atomic E-state index is 16.0. The summed E-state index contributed by atoms with van der Waals surface area (Å²) in [7, 11) is 1.54. The minimum Gasteiger partial charge on any atom is -0.481 e. The molecule has 40 heavy (non-hydrogen) atoms. The average molecular weight is 570 g/mol. The van der Waals surface area contributed by atoms with E-state index in [0.29, 0.717) is 49.8 Å². The second-order valence-corrected chi connectivity index (χ2v) is 12.4. The molecule has 1 aromatic carbocycles. The largest absolute Gasteiger partial charge is 0.481 e. The Kier molecular flexibility index (Phi) is 7.84. The summed E-state index contributed by atoms with van der Waals surface area (Å²) in [6.45, 7) is 3.65. The highest BCUT2D eigenvalue weighted by Gasteiger charge is 2.52. The lowest BCUT2D eigenvalue weighted by Crippen LogP contribution is -2.49. The van der Waals surface area contributed by atoms with Crippen molar-refractivity contribution in [3.8, 4) is 0 Å². The number of hydrogen-bond acceptors (Lipinski definition) is 5. The van der Waals surface area contributed by atoms with Crippen LogP contribution in [0.15, 0.2) is 18.2 Å². The van der Waals surface area contributed by atoms with Crippen LogP contribution in [0.25, 0.3) is 0 Å². The number of carbonyl (C=O) groups is 2. The van der Waals surface area contributed by atoms with Crippen molar-refractivity contribution < 1.29 is 37.0 Å². The molecule has 1 saturated carbocycles. The zero-order valence-electron chi connectivity index (χ0n) is 23.2. The van der Waals surface area contributed by atoms with Gasteiger partial charge < -0.3 is 19.6 Å². The van der Waals surface area contributed by atoms with Crippen LogP contribution in [0.5, 0.6) is 0 Å². The fraction of sp³-hybridized carbons (Fsp3) is 0.724. The first-order chi connectivity index (χ1) is 18.8. The number of aliphatic carboxylic acids is 1. The Labute approximate surface area is 232 Å². The number of alkyl halides is 4. The first-order valence-corrected chi connectivity index (χ1v) is 14.3. The molecule has 5 rings (SSSR count). The number of rotatable bonds is 7. The molecular formula is C29H39F4N3O4. The van der Waals surface area contributed by atoms with E-state index in [4.69, 9.17) is 4.74 Å². The minimum absolute atomic E-state index is 0.0915. The van der Waals surface area contributed by atoms with E-state index in [1.54, 1.807) is 6.92 Å². The van der Waals surface area contributed by atoms with Crippen LogP contribution in [-0.4, -0.2) is 91.5 Å². The molecule has 11 heteroatoms. The molecule has 1 amide bonds. The number of methoxy groups -OCH3 is 1. The SMILES string of the molecule is COC[C@H]1CN(C(=O)[C@@]2(F)CCN(C3CCC3)C2)C[C@@H]1c1ccc(C(F)(F)F)cc1N1CCC(C)(C(=O)O)CC1. The van der Waals surface area contributed by atoms with E-state index in [2.05, 4.69) is 4.90 Å². The number of halogens is 4. The molecule has 3 heterocycles. The van der Waals surface area contributed by atoms with E-state index >= 15 is 4.39 Å². The average Bonchev–Trinajstić information content (AvgIpc) is 3.47. The number of likely N-dealkylation sites (tertiary alicyclic amines) is 2. The van der Waals surface area contributed by atoms with Gasteiger partial charge in [-0.15, -0.1) is 0 Å². The van der Waals surface area contributed by atoms with E-state index in [1.807, 2.05) is 4.90 Å². The van der Waals surface area contributed by atoms with Crippen LogP contribution in [0, 0.1) is 11.3 Å². The number of carboxylic acid groups (broad SMARTS) is 1. The number of nitrogens with zero attached hydrogens (tertiary/aromatic N) is 3. The van der Waals surface area contributed by atoms with E-state index < -0.39 is 34.7 Å². The number of anilines is 1. The molecular weight excluding hydrogens is 530 g/mol. The quantitative estimate of drug-likeness (QED) is 0.486. The Morgan fingerprint density at radius 3 is 2.38 bits per heavy atom. The molecule has 0 aromatic heterocycles. The van der Waals surface area contributed by atoms with Crippen molar-refractivity contribution in [2.45, 2.75) is 69.3 Å². The highest BCUT2D eigenvalue weighted by atomic mass is 19.4. The molecule has 1 aromatic rings. The van der Waals surface area contributed by atoms with Crippen molar-refractivity contribution in [2.75, 3.05) is 57.9 Å².